The van der Waals surface area contributed by atoms with Gasteiger partial charge in [0.15, 0.2) is 21.5 Å². The van der Waals surface area contributed by atoms with E-state index < -0.39 is 9.84 Å². The highest BCUT2D eigenvalue weighted by atomic mass is 35.5. The molecule has 9 nitrogen and oxygen atoms in total. The predicted octanol–water partition coefficient (Wildman–Crippen LogP) is 4.73. The molecule has 2 heterocycles. The van der Waals surface area contributed by atoms with Crippen molar-refractivity contribution in [3.05, 3.63) is 64.9 Å². The lowest BCUT2D eigenvalue weighted by atomic mass is 9.99. The monoisotopic (exact) mass is 484 g/mol. The van der Waals surface area contributed by atoms with Crippen molar-refractivity contribution in [1.29, 1.82) is 0 Å². The van der Waals surface area contributed by atoms with Crippen LogP contribution in [0.4, 0.5) is 23.3 Å². The van der Waals surface area contributed by atoms with E-state index in [-0.39, 0.29) is 16.6 Å². The van der Waals surface area contributed by atoms with Gasteiger partial charge in [-0.2, -0.15) is 10.1 Å². The highest BCUT2D eigenvalue weighted by Gasteiger charge is 2.14. The van der Waals surface area contributed by atoms with E-state index in [1.54, 1.807) is 36.4 Å². The Morgan fingerprint density at radius 1 is 1.09 bits per heavy atom. The summed E-state index contributed by atoms with van der Waals surface area (Å²) in [6.45, 7) is 3.74. The quantitative estimate of drug-likeness (QED) is 0.288. The lowest BCUT2D eigenvalue weighted by molar-refractivity contribution is 0.478. The smallest absolute Gasteiger partial charge is 0.229 e. The summed E-state index contributed by atoms with van der Waals surface area (Å²) >= 11 is 6.20. The maximum absolute atomic E-state index is 11.9. The summed E-state index contributed by atoms with van der Waals surface area (Å²) in [5, 5.41) is 23.9. The summed E-state index contributed by atoms with van der Waals surface area (Å²) in [4.78, 5) is 8.75. The number of H-pyrrole nitrogens is 1. The largest absolute Gasteiger partial charge is 0.506 e. The van der Waals surface area contributed by atoms with Crippen LogP contribution in [0.2, 0.25) is 5.02 Å². The zero-order valence-corrected chi connectivity index (χ0v) is 19.6. The molecule has 0 spiro atoms. The van der Waals surface area contributed by atoms with Gasteiger partial charge >= 0.3 is 0 Å². The van der Waals surface area contributed by atoms with Crippen molar-refractivity contribution < 1.29 is 13.5 Å². The highest BCUT2D eigenvalue weighted by Crippen LogP contribution is 2.35. The molecule has 0 aliphatic rings. The van der Waals surface area contributed by atoms with Crippen LogP contribution in [-0.4, -0.2) is 39.9 Å². The molecule has 0 aliphatic carbocycles. The molecule has 11 heteroatoms. The lowest BCUT2D eigenvalue weighted by Gasteiger charge is -2.14. The van der Waals surface area contributed by atoms with Gasteiger partial charge < -0.3 is 15.7 Å². The zero-order valence-electron chi connectivity index (χ0n) is 18.0. The molecule has 4 rings (SSSR count). The number of halogens is 1. The van der Waals surface area contributed by atoms with Gasteiger partial charge in [0.1, 0.15) is 10.8 Å². The molecule has 2 aromatic carbocycles. The minimum absolute atomic E-state index is 0.0451. The first-order valence-corrected chi connectivity index (χ1v) is 12.1. The number of sulfone groups is 1. The van der Waals surface area contributed by atoms with Crippen molar-refractivity contribution in [2.75, 3.05) is 16.9 Å². The number of aromatic nitrogens is 4. The van der Waals surface area contributed by atoms with Gasteiger partial charge in [-0.05, 0) is 54.8 Å². The maximum atomic E-state index is 11.9. The van der Waals surface area contributed by atoms with Crippen LogP contribution in [0.3, 0.4) is 0 Å². The molecule has 0 aliphatic heterocycles. The Bertz CT molecular complexity index is 1450. The summed E-state index contributed by atoms with van der Waals surface area (Å²) in [6.07, 6.45) is 2.60. The number of aromatic hydroxyl groups is 1. The fourth-order valence-corrected chi connectivity index (χ4v) is 4.05. The van der Waals surface area contributed by atoms with Gasteiger partial charge in [0.2, 0.25) is 5.95 Å². The Morgan fingerprint density at radius 2 is 1.88 bits per heavy atom. The standard InChI is InChI=1S/C22H21ClN6O3S/c1-12-7-18(19(30)10-16(12)14-5-4-6-15(9-14)33(3,31)32)25-22-24-11-17(23)21(27-22)26-20-8-13(2)28-29-20/h4-11,30H,1-3H3,(H3,24,25,26,27,28,29). The number of phenolic OH excluding ortho intramolecular Hbond substituents is 1. The molecule has 0 saturated carbocycles. The van der Waals surface area contributed by atoms with Gasteiger partial charge in [-0.3, -0.25) is 5.10 Å². The second-order valence-electron chi connectivity index (χ2n) is 7.56. The SMILES string of the molecule is Cc1cc(Nc2nc(Nc3cc(C)c(-c4cccc(S(C)(=O)=O)c4)cc3O)ncc2Cl)n[nH]1. The van der Waals surface area contributed by atoms with E-state index in [9.17, 15) is 13.5 Å². The third-order valence-corrected chi connectivity index (χ3v) is 6.25. The minimum Gasteiger partial charge on any atom is -0.506 e. The molecule has 4 aromatic rings. The zero-order chi connectivity index (χ0) is 23.8. The number of rotatable bonds is 6. The number of nitrogens with one attached hydrogen (secondary N) is 3. The van der Waals surface area contributed by atoms with Crippen LogP contribution in [0.5, 0.6) is 5.75 Å². The van der Waals surface area contributed by atoms with Gasteiger partial charge in [0.05, 0.1) is 16.8 Å². The molecule has 170 valence electrons. The van der Waals surface area contributed by atoms with E-state index in [1.807, 2.05) is 13.8 Å². The van der Waals surface area contributed by atoms with Crippen LogP contribution in [-0.2, 0) is 9.84 Å². The van der Waals surface area contributed by atoms with Crippen molar-refractivity contribution in [2.24, 2.45) is 0 Å². The van der Waals surface area contributed by atoms with Crippen LogP contribution >= 0.6 is 11.6 Å². The Kier molecular flexibility index (Phi) is 5.96. The number of phenols is 1. The average Bonchev–Trinajstić information content (AvgIpc) is 3.17. The number of anilines is 4. The van der Waals surface area contributed by atoms with Crippen LogP contribution in [0.25, 0.3) is 11.1 Å². The molecule has 0 amide bonds. The molecule has 0 atom stereocenters. The Labute approximate surface area is 195 Å². The second-order valence-corrected chi connectivity index (χ2v) is 9.98. The molecule has 0 saturated heterocycles. The number of aromatic amines is 1. The maximum Gasteiger partial charge on any atom is 0.229 e. The van der Waals surface area contributed by atoms with Gasteiger partial charge in [-0.25, -0.2) is 13.4 Å². The van der Waals surface area contributed by atoms with Gasteiger partial charge in [-0.1, -0.05) is 23.7 Å². The summed E-state index contributed by atoms with van der Waals surface area (Å²) in [5.74, 6) is 1.08. The number of nitrogens with zero attached hydrogens (tertiary/aromatic N) is 3. The molecule has 2 aromatic heterocycles. The molecule has 0 radical (unpaired) electrons. The molecule has 0 fully saturated rings. The molecular formula is C22H21ClN6O3S. The molecular weight excluding hydrogens is 464 g/mol. The number of hydrogen-bond donors (Lipinski definition) is 4. The predicted molar refractivity (Wildman–Crippen MR) is 128 cm³/mol. The molecule has 4 N–H and O–H groups in total. The first-order chi connectivity index (χ1) is 15.6. The van der Waals surface area contributed by atoms with Crippen LogP contribution in [0, 0.1) is 13.8 Å². The Morgan fingerprint density at radius 3 is 2.58 bits per heavy atom. The van der Waals surface area contributed by atoms with E-state index in [0.717, 1.165) is 17.5 Å². The fourth-order valence-electron chi connectivity index (χ4n) is 3.24. The highest BCUT2D eigenvalue weighted by molar-refractivity contribution is 7.90. The van der Waals surface area contributed by atoms with E-state index in [1.165, 1.54) is 12.3 Å². The number of benzene rings is 2. The topological polar surface area (TPSA) is 133 Å². The van der Waals surface area contributed by atoms with Crippen molar-refractivity contribution >= 4 is 44.7 Å². The normalized spacial score (nSPS) is 11.4. The van der Waals surface area contributed by atoms with E-state index in [4.69, 9.17) is 11.6 Å². The molecule has 0 bridgehead atoms. The van der Waals surface area contributed by atoms with Gasteiger partial charge in [-0.15, -0.1) is 0 Å². The molecule has 0 unspecified atom stereocenters. The van der Waals surface area contributed by atoms with Crippen LogP contribution in [0.15, 0.2) is 53.6 Å². The van der Waals surface area contributed by atoms with Crippen LogP contribution in [0.1, 0.15) is 11.3 Å². The van der Waals surface area contributed by atoms with Crippen molar-refractivity contribution in [3.8, 4) is 16.9 Å². The fraction of sp³-hybridized carbons (Fsp3) is 0.136. The van der Waals surface area contributed by atoms with E-state index in [0.29, 0.717) is 33.5 Å². The van der Waals surface area contributed by atoms with Crippen molar-refractivity contribution in [2.45, 2.75) is 18.7 Å². The Balaban J connectivity index is 1.63. The van der Waals surface area contributed by atoms with Gasteiger partial charge in [0.25, 0.3) is 0 Å². The van der Waals surface area contributed by atoms with E-state index in [2.05, 4.69) is 30.8 Å². The second kappa shape index (κ2) is 8.72. The summed E-state index contributed by atoms with van der Waals surface area (Å²) in [5.41, 5.74) is 3.47. The average molecular weight is 485 g/mol. The number of hydrogen-bond acceptors (Lipinski definition) is 8. The van der Waals surface area contributed by atoms with Gasteiger partial charge in [0, 0.05) is 18.0 Å². The summed E-state index contributed by atoms with van der Waals surface area (Å²) in [6, 6.07) is 11.7. The Hall–Kier alpha value is -3.63. The summed E-state index contributed by atoms with van der Waals surface area (Å²) < 4.78 is 23.8. The number of aryl methyl sites for hydroxylation is 2. The van der Waals surface area contributed by atoms with Crippen molar-refractivity contribution in [1.82, 2.24) is 20.2 Å². The summed E-state index contributed by atoms with van der Waals surface area (Å²) in [7, 11) is -3.35. The lowest BCUT2D eigenvalue weighted by Crippen LogP contribution is -2.02. The van der Waals surface area contributed by atoms with Crippen molar-refractivity contribution in [3.63, 3.8) is 0 Å². The van der Waals surface area contributed by atoms with Crippen LogP contribution < -0.4 is 10.6 Å². The minimum atomic E-state index is -3.35. The third kappa shape index (κ3) is 5.07. The van der Waals surface area contributed by atoms with E-state index >= 15 is 0 Å². The third-order valence-electron chi connectivity index (χ3n) is 4.86. The first kappa shape index (κ1) is 22.6. The first-order valence-electron chi connectivity index (χ1n) is 9.83. The molecule has 33 heavy (non-hydrogen) atoms.